The maximum Gasteiger partial charge on any atom is 0.191 e. The number of guanidine groups is 1. The Morgan fingerprint density at radius 3 is 2.83 bits per heavy atom. The molecule has 1 aliphatic rings. The van der Waals surface area contributed by atoms with Crippen LogP contribution in [0.5, 0.6) is 0 Å². The van der Waals surface area contributed by atoms with Crippen molar-refractivity contribution in [1.82, 2.24) is 25.4 Å². The highest BCUT2D eigenvalue weighted by Crippen LogP contribution is 2.17. The van der Waals surface area contributed by atoms with Gasteiger partial charge >= 0.3 is 0 Å². The average Bonchev–Trinajstić information content (AvgIpc) is 3.07. The van der Waals surface area contributed by atoms with Crippen molar-refractivity contribution in [2.45, 2.75) is 84.2 Å². The van der Waals surface area contributed by atoms with Crippen molar-refractivity contribution in [3.8, 4) is 0 Å². The molecule has 1 heterocycles. The Balaban J connectivity index is 1.81. The van der Waals surface area contributed by atoms with Crippen LogP contribution in [0.3, 0.4) is 0 Å². The first kappa shape index (κ1) is 18.7. The van der Waals surface area contributed by atoms with Gasteiger partial charge in [-0.25, -0.2) is 0 Å². The molecule has 0 radical (unpaired) electrons. The number of rotatable bonds is 9. The van der Waals surface area contributed by atoms with E-state index in [9.17, 15) is 0 Å². The molecule has 136 valence electrons. The van der Waals surface area contributed by atoms with E-state index in [4.69, 9.17) is 4.99 Å². The zero-order chi connectivity index (χ0) is 17.0. The Bertz CT molecular complexity index is 476. The third kappa shape index (κ3) is 6.49. The molecule has 2 rings (SSSR count). The molecule has 6 heteroatoms. The van der Waals surface area contributed by atoms with Gasteiger partial charge in [-0.3, -0.25) is 4.99 Å². The Labute approximate surface area is 146 Å². The van der Waals surface area contributed by atoms with Crippen molar-refractivity contribution in [3.05, 3.63) is 12.2 Å². The van der Waals surface area contributed by atoms with Crippen LogP contribution >= 0.6 is 0 Å². The normalized spacial score (nSPS) is 16.3. The average molecular weight is 335 g/mol. The molecule has 0 atom stereocenters. The van der Waals surface area contributed by atoms with E-state index in [1.165, 1.54) is 51.4 Å². The second kappa shape index (κ2) is 11.0. The predicted octanol–water partition coefficient (Wildman–Crippen LogP) is 2.90. The van der Waals surface area contributed by atoms with Crippen molar-refractivity contribution in [2.24, 2.45) is 4.99 Å². The maximum absolute atomic E-state index is 4.77. The molecule has 2 N–H and O–H groups in total. The quantitative estimate of drug-likeness (QED) is 0.414. The number of nitrogens with one attached hydrogen (secondary N) is 2. The lowest BCUT2D eigenvalue weighted by atomic mass is 9.96. The summed E-state index contributed by atoms with van der Waals surface area (Å²) in [6.45, 7) is 6.96. The minimum atomic E-state index is 0.581. The fourth-order valence-corrected chi connectivity index (χ4v) is 3.18. The van der Waals surface area contributed by atoms with Crippen LogP contribution < -0.4 is 10.6 Å². The number of unbranched alkanes of at least 4 members (excludes halogenated alkanes) is 2. The van der Waals surface area contributed by atoms with E-state index in [1.807, 2.05) is 6.33 Å². The lowest BCUT2D eigenvalue weighted by molar-refractivity contribution is 0.409. The SMILES string of the molecule is CCCCCN=C(NCCn1cnnc1CC)NC1CCCCC1. The van der Waals surface area contributed by atoms with Crippen LogP contribution in [0, 0.1) is 0 Å². The molecule has 0 spiro atoms. The molecule has 1 fully saturated rings. The van der Waals surface area contributed by atoms with Crippen molar-refractivity contribution >= 4 is 5.96 Å². The van der Waals surface area contributed by atoms with Gasteiger partial charge in [-0.15, -0.1) is 10.2 Å². The van der Waals surface area contributed by atoms with Crippen molar-refractivity contribution in [2.75, 3.05) is 13.1 Å². The molecule has 1 aromatic rings. The summed E-state index contributed by atoms with van der Waals surface area (Å²) in [5, 5.41) is 15.3. The number of nitrogens with zero attached hydrogens (tertiary/aromatic N) is 4. The van der Waals surface area contributed by atoms with Crippen LogP contribution in [0.25, 0.3) is 0 Å². The molecule has 0 unspecified atom stereocenters. The van der Waals surface area contributed by atoms with Crippen LogP contribution in [0.2, 0.25) is 0 Å². The highest BCUT2D eigenvalue weighted by Gasteiger charge is 2.14. The molecule has 0 aromatic carbocycles. The van der Waals surface area contributed by atoms with Gasteiger partial charge in [-0.1, -0.05) is 46.0 Å². The summed E-state index contributed by atoms with van der Waals surface area (Å²) >= 11 is 0. The topological polar surface area (TPSA) is 67.1 Å². The first-order valence-electron chi connectivity index (χ1n) is 9.75. The van der Waals surface area contributed by atoms with Gasteiger partial charge in [0, 0.05) is 32.1 Å². The summed E-state index contributed by atoms with van der Waals surface area (Å²) in [7, 11) is 0. The molecule has 24 heavy (non-hydrogen) atoms. The van der Waals surface area contributed by atoms with E-state index in [-0.39, 0.29) is 0 Å². The molecule has 0 saturated heterocycles. The Morgan fingerprint density at radius 1 is 1.25 bits per heavy atom. The molecular weight excluding hydrogens is 300 g/mol. The molecule has 1 aromatic heterocycles. The van der Waals surface area contributed by atoms with E-state index >= 15 is 0 Å². The maximum atomic E-state index is 4.77. The number of hydrogen-bond donors (Lipinski definition) is 2. The number of aryl methyl sites for hydroxylation is 1. The van der Waals surface area contributed by atoms with Crippen LogP contribution in [0.1, 0.15) is 71.0 Å². The lowest BCUT2D eigenvalue weighted by Gasteiger charge is -2.25. The summed E-state index contributed by atoms with van der Waals surface area (Å²) in [6.07, 6.45) is 13.0. The Morgan fingerprint density at radius 2 is 2.08 bits per heavy atom. The number of hydrogen-bond acceptors (Lipinski definition) is 3. The highest BCUT2D eigenvalue weighted by atomic mass is 15.3. The molecule has 0 aliphatic heterocycles. The van der Waals surface area contributed by atoms with E-state index < -0.39 is 0 Å². The monoisotopic (exact) mass is 334 g/mol. The van der Waals surface area contributed by atoms with Gasteiger partial charge in [0.05, 0.1) is 0 Å². The third-order valence-corrected chi connectivity index (χ3v) is 4.63. The van der Waals surface area contributed by atoms with Crippen molar-refractivity contribution in [1.29, 1.82) is 0 Å². The van der Waals surface area contributed by atoms with E-state index in [1.54, 1.807) is 0 Å². The fourth-order valence-electron chi connectivity index (χ4n) is 3.18. The minimum Gasteiger partial charge on any atom is -0.355 e. The van der Waals surface area contributed by atoms with Crippen LogP contribution in [0.15, 0.2) is 11.3 Å². The summed E-state index contributed by atoms with van der Waals surface area (Å²) in [6, 6.07) is 0.581. The first-order chi connectivity index (χ1) is 11.8. The fraction of sp³-hybridized carbons (Fsp3) is 0.833. The molecule has 1 aliphatic carbocycles. The lowest BCUT2D eigenvalue weighted by Crippen LogP contribution is -2.45. The molecular formula is C18H34N6. The molecule has 0 amide bonds. The van der Waals surface area contributed by atoms with Gasteiger partial charge in [0.2, 0.25) is 0 Å². The second-order valence-corrected chi connectivity index (χ2v) is 6.64. The zero-order valence-electron chi connectivity index (χ0n) is 15.4. The summed E-state index contributed by atoms with van der Waals surface area (Å²) in [5.41, 5.74) is 0. The third-order valence-electron chi connectivity index (χ3n) is 4.63. The van der Waals surface area contributed by atoms with Crippen molar-refractivity contribution in [3.63, 3.8) is 0 Å². The molecule has 0 bridgehead atoms. The van der Waals surface area contributed by atoms with E-state index in [0.29, 0.717) is 6.04 Å². The zero-order valence-corrected chi connectivity index (χ0v) is 15.4. The second-order valence-electron chi connectivity index (χ2n) is 6.64. The van der Waals surface area contributed by atoms with Gasteiger partial charge in [-0.05, 0) is 19.3 Å². The largest absolute Gasteiger partial charge is 0.355 e. The molecule has 1 saturated carbocycles. The van der Waals surface area contributed by atoms with Gasteiger partial charge in [0.15, 0.2) is 5.96 Å². The van der Waals surface area contributed by atoms with Crippen LogP contribution in [0.4, 0.5) is 0 Å². The summed E-state index contributed by atoms with van der Waals surface area (Å²) < 4.78 is 2.11. The number of aliphatic imine (C=N–C) groups is 1. The predicted molar refractivity (Wildman–Crippen MR) is 99.2 cm³/mol. The Kier molecular flexibility index (Phi) is 8.63. The van der Waals surface area contributed by atoms with Gasteiger partial charge in [0.25, 0.3) is 0 Å². The van der Waals surface area contributed by atoms with Crippen molar-refractivity contribution < 1.29 is 0 Å². The number of aromatic nitrogens is 3. The van der Waals surface area contributed by atoms with Gasteiger partial charge in [0.1, 0.15) is 12.2 Å². The van der Waals surface area contributed by atoms with Crippen LogP contribution in [-0.4, -0.2) is 39.9 Å². The summed E-state index contributed by atoms with van der Waals surface area (Å²) in [5.74, 6) is 2.02. The van der Waals surface area contributed by atoms with E-state index in [2.05, 4.69) is 39.2 Å². The Hall–Kier alpha value is -1.59. The first-order valence-corrected chi connectivity index (χ1v) is 9.75. The van der Waals surface area contributed by atoms with E-state index in [0.717, 1.165) is 37.8 Å². The van der Waals surface area contributed by atoms with Gasteiger partial charge < -0.3 is 15.2 Å². The highest BCUT2D eigenvalue weighted by molar-refractivity contribution is 5.80. The summed E-state index contributed by atoms with van der Waals surface area (Å²) in [4.78, 5) is 4.77. The van der Waals surface area contributed by atoms with Gasteiger partial charge in [-0.2, -0.15) is 0 Å². The van der Waals surface area contributed by atoms with Crippen LogP contribution in [-0.2, 0) is 13.0 Å². The minimum absolute atomic E-state index is 0.581. The smallest absolute Gasteiger partial charge is 0.191 e. The molecule has 6 nitrogen and oxygen atoms in total. The standard InChI is InChI=1S/C18H34N6/c1-3-5-9-12-19-18(22-16-10-7-6-8-11-16)20-13-14-24-15-21-23-17(24)4-2/h15-16H,3-14H2,1-2H3,(H2,19,20,22).